The van der Waals surface area contributed by atoms with Crippen LogP contribution in [0.4, 0.5) is 0 Å². The summed E-state index contributed by atoms with van der Waals surface area (Å²) in [6.07, 6.45) is 1.71. The first-order valence-corrected chi connectivity index (χ1v) is 3.75. The van der Waals surface area contributed by atoms with Crippen LogP contribution in [0.25, 0.3) is 0 Å². The highest BCUT2D eigenvalue weighted by Gasteiger charge is 2.72. The van der Waals surface area contributed by atoms with Gasteiger partial charge in [-0.3, -0.25) is 0 Å². The van der Waals surface area contributed by atoms with E-state index in [1.807, 2.05) is 13.8 Å². The van der Waals surface area contributed by atoms with Gasteiger partial charge in [-0.25, -0.2) is 0 Å². The van der Waals surface area contributed by atoms with Gasteiger partial charge in [-0.15, -0.1) is 5.73 Å². The minimum Gasteiger partial charge on any atom is -0.197 e. The van der Waals surface area contributed by atoms with Crippen LogP contribution in [0.3, 0.4) is 0 Å². The van der Waals surface area contributed by atoms with Crippen LogP contribution in [-0.4, -0.2) is 0 Å². The summed E-state index contributed by atoms with van der Waals surface area (Å²) in [4.78, 5) is 0. The third kappa shape index (κ3) is 0.681. The maximum Gasteiger partial charge on any atom is 0.156 e. The number of rotatable bonds is 1. The van der Waals surface area contributed by atoms with Crippen molar-refractivity contribution in [2.75, 3.05) is 0 Å². The van der Waals surface area contributed by atoms with Crippen molar-refractivity contribution in [2.45, 2.75) is 13.8 Å². The normalized spacial score (nSPS) is 27.5. The molecule has 1 aliphatic rings. The second-order valence-electron chi connectivity index (χ2n) is 3.60. The van der Waals surface area contributed by atoms with E-state index in [4.69, 9.17) is 10.5 Å². The summed E-state index contributed by atoms with van der Waals surface area (Å²) in [7, 11) is 0. The first-order chi connectivity index (χ1) is 5.56. The molecule has 2 heteroatoms. The van der Waals surface area contributed by atoms with Gasteiger partial charge in [0.05, 0.1) is 12.1 Å². The molecule has 1 unspecified atom stereocenters. The Labute approximate surface area is 72.4 Å². The Balaban J connectivity index is 3.09. The fraction of sp³-hybridized carbons (Fsp3) is 0.500. The minimum absolute atomic E-state index is 0.0162. The average molecular weight is 158 g/mol. The molecular formula is C10H10N2. The summed E-state index contributed by atoms with van der Waals surface area (Å²) >= 11 is 0. The molecule has 0 aliphatic heterocycles. The van der Waals surface area contributed by atoms with Crippen molar-refractivity contribution < 1.29 is 0 Å². The Morgan fingerprint density at radius 3 is 2.08 bits per heavy atom. The lowest BCUT2D eigenvalue weighted by Crippen LogP contribution is -2.01. The largest absolute Gasteiger partial charge is 0.197 e. The number of nitrogens with zero attached hydrogens (tertiary/aromatic N) is 2. The van der Waals surface area contributed by atoms with Gasteiger partial charge in [0.15, 0.2) is 5.41 Å². The van der Waals surface area contributed by atoms with Crippen molar-refractivity contribution in [3.63, 3.8) is 0 Å². The fourth-order valence-corrected chi connectivity index (χ4v) is 1.71. The molecule has 0 aromatic rings. The first-order valence-electron chi connectivity index (χ1n) is 3.75. The predicted molar refractivity (Wildman–Crippen MR) is 44.6 cm³/mol. The smallest absolute Gasteiger partial charge is 0.156 e. The molecule has 0 amide bonds. The highest BCUT2D eigenvalue weighted by molar-refractivity contribution is 5.40. The van der Waals surface area contributed by atoms with E-state index < -0.39 is 5.41 Å². The van der Waals surface area contributed by atoms with Crippen molar-refractivity contribution in [1.29, 1.82) is 10.5 Å². The molecule has 2 nitrogen and oxygen atoms in total. The quantitative estimate of drug-likeness (QED) is 0.548. The van der Waals surface area contributed by atoms with Gasteiger partial charge in [0.1, 0.15) is 0 Å². The number of hydrogen-bond acceptors (Lipinski definition) is 2. The molecule has 0 aromatic carbocycles. The predicted octanol–water partition coefficient (Wildman–Crippen LogP) is 2.02. The fourth-order valence-electron chi connectivity index (χ4n) is 1.71. The zero-order valence-electron chi connectivity index (χ0n) is 7.26. The third-order valence-electron chi connectivity index (χ3n) is 2.81. The van der Waals surface area contributed by atoms with Gasteiger partial charge in [-0.2, -0.15) is 10.5 Å². The second-order valence-corrected chi connectivity index (χ2v) is 3.60. The molecule has 0 heterocycles. The molecule has 0 aromatic heterocycles. The molecule has 0 spiro atoms. The molecule has 1 aliphatic carbocycles. The Hall–Kier alpha value is -1.50. The van der Waals surface area contributed by atoms with Crippen molar-refractivity contribution in [2.24, 2.45) is 16.7 Å². The van der Waals surface area contributed by atoms with E-state index in [1.165, 1.54) is 0 Å². The van der Waals surface area contributed by atoms with Crippen LogP contribution in [0.1, 0.15) is 13.8 Å². The molecule has 1 rings (SSSR count). The van der Waals surface area contributed by atoms with E-state index in [0.717, 1.165) is 0 Å². The molecule has 0 radical (unpaired) electrons. The van der Waals surface area contributed by atoms with Crippen LogP contribution in [0.2, 0.25) is 0 Å². The van der Waals surface area contributed by atoms with Gasteiger partial charge in [0, 0.05) is 11.3 Å². The maximum atomic E-state index is 8.85. The van der Waals surface area contributed by atoms with Gasteiger partial charge in [0.2, 0.25) is 0 Å². The Morgan fingerprint density at radius 1 is 1.33 bits per heavy atom. The summed E-state index contributed by atoms with van der Waals surface area (Å²) in [5, 5.41) is 17.7. The summed E-state index contributed by atoms with van der Waals surface area (Å²) in [6.45, 7) is 7.27. The van der Waals surface area contributed by atoms with Crippen LogP contribution in [0, 0.1) is 39.4 Å². The highest BCUT2D eigenvalue weighted by Crippen LogP contribution is 2.68. The summed E-state index contributed by atoms with van der Waals surface area (Å²) in [5.41, 5.74) is 1.53. The molecule has 0 N–H and O–H groups in total. The second kappa shape index (κ2) is 2.24. The lowest BCUT2D eigenvalue weighted by Gasteiger charge is -1.98. The standard InChI is InChI=1S/C10H10N2/c1-4-5-8-9(2,3)10(8,6-11)7-12/h5,8H,1H2,2-3H3. The van der Waals surface area contributed by atoms with Gasteiger partial charge in [0.25, 0.3) is 0 Å². The average Bonchev–Trinajstić information content (AvgIpc) is 2.50. The van der Waals surface area contributed by atoms with Gasteiger partial charge in [-0.05, 0) is 6.08 Å². The van der Waals surface area contributed by atoms with Gasteiger partial charge < -0.3 is 0 Å². The van der Waals surface area contributed by atoms with Crippen LogP contribution >= 0.6 is 0 Å². The van der Waals surface area contributed by atoms with Crippen LogP contribution in [0.15, 0.2) is 18.4 Å². The molecular weight excluding hydrogens is 148 g/mol. The van der Waals surface area contributed by atoms with Crippen LogP contribution in [-0.2, 0) is 0 Å². The molecule has 1 atom stereocenters. The molecule has 1 saturated carbocycles. The van der Waals surface area contributed by atoms with Crippen molar-refractivity contribution in [3.8, 4) is 12.1 Å². The summed E-state index contributed by atoms with van der Waals surface area (Å²) < 4.78 is 0. The highest BCUT2D eigenvalue weighted by atomic mass is 14.7. The molecule has 60 valence electrons. The molecule has 0 bridgehead atoms. The minimum atomic E-state index is -0.850. The Kier molecular flexibility index (Phi) is 1.61. The lowest BCUT2D eigenvalue weighted by molar-refractivity contribution is 0.549. The number of hydrogen-bond donors (Lipinski definition) is 0. The topological polar surface area (TPSA) is 47.6 Å². The monoisotopic (exact) mass is 158 g/mol. The first kappa shape index (κ1) is 8.60. The molecule has 0 saturated heterocycles. The summed E-state index contributed by atoms with van der Waals surface area (Å²) in [6, 6.07) is 4.13. The van der Waals surface area contributed by atoms with E-state index in [-0.39, 0.29) is 11.3 Å². The van der Waals surface area contributed by atoms with E-state index >= 15 is 0 Å². The molecule has 12 heavy (non-hydrogen) atoms. The van der Waals surface area contributed by atoms with Crippen molar-refractivity contribution >= 4 is 0 Å². The zero-order valence-corrected chi connectivity index (χ0v) is 7.26. The lowest BCUT2D eigenvalue weighted by atomic mass is 10.00. The van der Waals surface area contributed by atoms with Gasteiger partial charge >= 0.3 is 0 Å². The van der Waals surface area contributed by atoms with E-state index in [1.54, 1.807) is 6.08 Å². The van der Waals surface area contributed by atoms with Crippen LogP contribution in [0.5, 0.6) is 0 Å². The Morgan fingerprint density at radius 2 is 1.83 bits per heavy atom. The molecule has 1 fully saturated rings. The van der Waals surface area contributed by atoms with E-state index in [0.29, 0.717) is 0 Å². The SMILES string of the molecule is C=C=CC1C(C)(C)C1(C#N)C#N. The summed E-state index contributed by atoms with van der Waals surface area (Å²) in [5.74, 6) is -0.0162. The van der Waals surface area contributed by atoms with Crippen molar-refractivity contribution in [3.05, 3.63) is 18.4 Å². The van der Waals surface area contributed by atoms with E-state index in [9.17, 15) is 0 Å². The van der Waals surface area contributed by atoms with Crippen molar-refractivity contribution in [1.82, 2.24) is 0 Å². The van der Waals surface area contributed by atoms with E-state index in [2.05, 4.69) is 24.4 Å². The number of allylic oxidation sites excluding steroid dienone is 1. The van der Waals surface area contributed by atoms with Gasteiger partial charge in [-0.1, -0.05) is 20.4 Å². The van der Waals surface area contributed by atoms with Crippen LogP contribution < -0.4 is 0 Å². The number of nitriles is 2. The zero-order chi connectivity index (χ0) is 9.41. The Bertz CT molecular complexity index is 318. The third-order valence-corrected chi connectivity index (χ3v) is 2.81. The maximum absolute atomic E-state index is 8.85.